The molecular weight excluding hydrogens is 412 g/mol. The standard InChI is InChI=1S/C26H30N6O/c1-19-22-10-7-15-31(17-12-21-9-2-4-14-28-21)25(22)30-24(29-19)23-11-3-5-16-32(23)26(33)20-8-6-13-27-18-20/h2,4,6,8-9,13-14,18,23H,3,5,7,10-12,15-17H2,1H3. The van der Waals surface area contributed by atoms with Crippen LogP contribution < -0.4 is 4.90 Å². The van der Waals surface area contributed by atoms with Gasteiger partial charge in [0.2, 0.25) is 0 Å². The largest absolute Gasteiger partial charge is 0.356 e. The van der Waals surface area contributed by atoms with E-state index >= 15 is 0 Å². The molecule has 2 aliphatic rings. The highest BCUT2D eigenvalue weighted by atomic mass is 16.2. The van der Waals surface area contributed by atoms with Crippen molar-refractivity contribution < 1.29 is 4.79 Å². The van der Waals surface area contributed by atoms with Crippen molar-refractivity contribution in [2.75, 3.05) is 24.5 Å². The molecule has 0 bridgehead atoms. The summed E-state index contributed by atoms with van der Waals surface area (Å²) in [6.07, 6.45) is 11.1. The summed E-state index contributed by atoms with van der Waals surface area (Å²) in [6, 6.07) is 9.60. The molecule has 0 spiro atoms. The molecule has 7 nitrogen and oxygen atoms in total. The van der Waals surface area contributed by atoms with E-state index in [4.69, 9.17) is 9.97 Å². The van der Waals surface area contributed by atoms with E-state index in [1.165, 1.54) is 5.56 Å². The van der Waals surface area contributed by atoms with Crippen molar-refractivity contribution in [3.63, 3.8) is 0 Å². The van der Waals surface area contributed by atoms with Gasteiger partial charge in [0.05, 0.1) is 11.6 Å². The van der Waals surface area contributed by atoms with Crippen molar-refractivity contribution >= 4 is 11.7 Å². The van der Waals surface area contributed by atoms with Crippen molar-refractivity contribution in [2.24, 2.45) is 0 Å². The number of carbonyl (C=O) groups excluding carboxylic acids is 1. The van der Waals surface area contributed by atoms with Crippen molar-refractivity contribution in [3.8, 4) is 0 Å². The first-order valence-electron chi connectivity index (χ1n) is 11.9. The van der Waals surface area contributed by atoms with Crippen LogP contribution in [0.5, 0.6) is 0 Å². The molecule has 1 amide bonds. The molecule has 0 aromatic carbocycles. The van der Waals surface area contributed by atoms with E-state index in [1.807, 2.05) is 35.4 Å². The van der Waals surface area contributed by atoms with E-state index in [-0.39, 0.29) is 11.9 Å². The fraction of sp³-hybridized carbons (Fsp3) is 0.423. The highest BCUT2D eigenvalue weighted by Crippen LogP contribution is 2.34. The average Bonchev–Trinajstić information content (AvgIpc) is 2.88. The number of fused-ring (bicyclic) bond motifs is 1. The minimum Gasteiger partial charge on any atom is -0.356 e. The maximum atomic E-state index is 13.3. The van der Waals surface area contributed by atoms with Crippen LogP contribution in [0.15, 0.2) is 48.9 Å². The molecule has 0 N–H and O–H groups in total. The monoisotopic (exact) mass is 442 g/mol. The lowest BCUT2D eigenvalue weighted by Crippen LogP contribution is -2.40. The van der Waals surface area contributed by atoms with Gasteiger partial charge in [0.15, 0.2) is 5.82 Å². The summed E-state index contributed by atoms with van der Waals surface area (Å²) < 4.78 is 0. The van der Waals surface area contributed by atoms with E-state index < -0.39 is 0 Å². The molecular formula is C26H30N6O. The number of rotatable bonds is 5. The summed E-state index contributed by atoms with van der Waals surface area (Å²) in [5.41, 5.74) is 4.00. The number of aryl methyl sites for hydroxylation is 1. The Morgan fingerprint density at radius 3 is 2.82 bits per heavy atom. The predicted octanol–water partition coefficient (Wildman–Crippen LogP) is 3.94. The van der Waals surface area contributed by atoms with E-state index in [2.05, 4.69) is 27.9 Å². The molecule has 0 aliphatic carbocycles. The Morgan fingerprint density at radius 2 is 2.00 bits per heavy atom. The summed E-state index contributed by atoms with van der Waals surface area (Å²) in [4.78, 5) is 36.3. The zero-order chi connectivity index (χ0) is 22.6. The minimum atomic E-state index is -0.102. The number of piperidine rings is 1. The third kappa shape index (κ3) is 4.58. The summed E-state index contributed by atoms with van der Waals surface area (Å²) >= 11 is 0. The molecule has 3 aromatic heterocycles. The zero-order valence-electron chi connectivity index (χ0n) is 19.2. The second kappa shape index (κ2) is 9.65. The number of pyridine rings is 2. The first-order valence-corrected chi connectivity index (χ1v) is 11.9. The number of amides is 1. The Balaban J connectivity index is 1.43. The molecule has 1 unspecified atom stereocenters. The number of anilines is 1. The smallest absolute Gasteiger partial charge is 0.256 e. The van der Waals surface area contributed by atoms with Crippen LogP contribution in [0.1, 0.15) is 64.9 Å². The molecule has 3 aromatic rings. The van der Waals surface area contributed by atoms with Crippen LogP contribution in [0.3, 0.4) is 0 Å². The summed E-state index contributed by atoms with van der Waals surface area (Å²) in [6.45, 7) is 4.67. The van der Waals surface area contributed by atoms with Crippen LogP contribution in [0.25, 0.3) is 0 Å². The topological polar surface area (TPSA) is 75.1 Å². The maximum Gasteiger partial charge on any atom is 0.256 e. The molecule has 5 rings (SSSR count). The second-order valence-electron chi connectivity index (χ2n) is 8.88. The van der Waals surface area contributed by atoms with Gasteiger partial charge >= 0.3 is 0 Å². The normalized spacial score (nSPS) is 18.2. The lowest BCUT2D eigenvalue weighted by atomic mass is 9.98. The molecule has 2 aliphatic heterocycles. The van der Waals surface area contributed by atoms with Crippen LogP contribution in [-0.4, -0.2) is 50.4 Å². The van der Waals surface area contributed by atoms with Gasteiger partial charge < -0.3 is 9.80 Å². The van der Waals surface area contributed by atoms with Crippen molar-refractivity contribution in [2.45, 2.75) is 51.5 Å². The average molecular weight is 443 g/mol. The van der Waals surface area contributed by atoms with Crippen LogP contribution >= 0.6 is 0 Å². The Labute approximate surface area is 194 Å². The highest BCUT2D eigenvalue weighted by molar-refractivity contribution is 5.94. The first-order chi connectivity index (χ1) is 16.2. The minimum absolute atomic E-state index is 0.0128. The van der Waals surface area contributed by atoms with Crippen molar-refractivity contribution in [3.05, 3.63) is 77.3 Å². The van der Waals surface area contributed by atoms with E-state index in [1.54, 1.807) is 12.4 Å². The fourth-order valence-electron chi connectivity index (χ4n) is 4.97. The predicted molar refractivity (Wildman–Crippen MR) is 127 cm³/mol. The fourth-order valence-corrected chi connectivity index (χ4v) is 4.97. The van der Waals surface area contributed by atoms with Gasteiger partial charge in [0.25, 0.3) is 5.91 Å². The molecule has 7 heteroatoms. The molecule has 0 saturated carbocycles. The van der Waals surface area contributed by atoms with Crippen molar-refractivity contribution in [1.82, 2.24) is 24.8 Å². The van der Waals surface area contributed by atoms with Gasteiger partial charge in [-0.25, -0.2) is 9.97 Å². The Bertz CT molecular complexity index is 1100. The van der Waals surface area contributed by atoms with Gasteiger partial charge in [-0.15, -0.1) is 0 Å². The summed E-state index contributed by atoms with van der Waals surface area (Å²) in [5.74, 6) is 1.82. The van der Waals surface area contributed by atoms with Gasteiger partial charge in [0, 0.05) is 61.6 Å². The third-order valence-electron chi connectivity index (χ3n) is 6.70. The van der Waals surface area contributed by atoms with Gasteiger partial charge in [-0.2, -0.15) is 0 Å². The van der Waals surface area contributed by atoms with Crippen LogP contribution in [-0.2, 0) is 12.8 Å². The van der Waals surface area contributed by atoms with E-state index in [0.717, 1.165) is 81.2 Å². The lowest BCUT2D eigenvalue weighted by Gasteiger charge is -2.36. The molecule has 1 atom stereocenters. The Kier molecular flexibility index (Phi) is 6.28. The number of likely N-dealkylation sites (tertiary alicyclic amines) is 1. The first kappa shape index (κ1) is 21.5. The summed E-state index contributed by atoms with van der Waals surface area (Å²) in [7, 11) is 0. The van der Waals surface area contributed by atoms with Crippen LogP contribution in [0, 0.1) is 6.92 Å². The number of aromatic nitrogens is 4. The van der Waals surface area contributed by atoms with Crippen LogP contribution in [0.2, 0.25) is 0 Å². The quantitative estimate of drug-likeness (QED) is 0.596. The third-order valence-corrected chi connectivity index (χ3v) is 6.70. The highest BCUT2D eigenvalue weighted by Gasteiger charge is 2.32. The number of hydrogen-bond donors (Lipinski definition) is 0. The molecule has 1 fully saturated rings. The van der Waals surface area contributed by atoms with Crippen molar-refractivity contribution in [1.29, 1.82) is 0 Å². The van der Waals surface area contributed by atoms with E-state index in [0.29, 0.717) is 5.56 Å². The lowest BCUT2D eigenvalue weighted by molar-refractivity contribution is 0.0599. The molecule has 170 valence electrons. The summed E-state index contributed by atoms with van der Waals surface area (Å²) in [5, 5.41) is 0. The van der Waals surface area contributed by atoms with Crippen LogP contribution in [0.4, 0.5) is 5.82 Å². The van der Waals surface area contributed by atoms with Gasteiger partial charge in [-0.1, -0.05) is 6.07 Å². The van der Waals surface area contributed by atoms with E-state index in [9.17, 15) is 4.79 Å². The molecule has 5 heterocycles. The van der Waals surface area contributed by atoms with Gasteiger partial charge in [-0.05, 0) is 63.3 Å². The maximum absolute atomic E-state index is 13.3. The second-order valence-corrected chi connectivity index (χ2v) is 8.88. The molecule has 33 heavy (non-hydrogen) atoms. The van der Waals surface area contributed by atoms with Gasteiger partial charge in [0.1, 0.15) is 5.82 Å². The number of hydrogen-bond acceptors (Lipinski definition) is 6. The Morgan fingerprint density at radius 1 is 1.06 bits per heavy atom. The SMILES string of the molecule is Cc1nc(C2CCCCN2C(=O)c2cccnc2)nc2c1CCCN2CCc1ccccn1. The molecule has 1 saturated heterocycles. The number of nitrogens with zero attached hydrogens (tertiary/aromatic N) is 6. The zero-order valence-corrected chi connectivity index (χ0v) is 19.2. The Hall–Kier alpha value is -3.35. The molecule has 0 radical (unpaired) electrons. The number of carbonyl (C=O) groups is 1. The van der Waals surface area contributed by atoms with Gasteiger partial charge in [-0.3, -0.25) is 14.8 Å².